The van der Waals surface area contributed by atoms with Gasteiger partial charge in [-0.15, -0.1) is 0 Å². The molecule has 0 saturated carbocycles. The summed E-state index contributed by atoms with van der Waals surface area (Å²) in [6.45, 7) is 6.17. The van der Waals surface area contributed by atoms with E-state index in [0.29, 0.717) is 0 Å². The van der Waals surface area contributed by atoms with E-state index in [1.165, 1.54) is 65.6 Å². The number of benzene rings is 5. The van der Waals surface area contributed by atoms with Crippen LogP contribution in [0.4, 0.5) is 0 Å². The zero-order valence-corrected chi connectivity index (χ0v) is 19.3. The summed E-state index contributed by atoms with van der Waals surface area (Å²) in [6, 6.07) is 35.2. The highest BCUT2D eigenvalue weighted by atomic mass is 15.1. The van der Waals surface area contributed by atoms with Crippen molar-refractivity contribution in [1.82, 2.24) is 9.13 Å². The van der Waals surface area contributed by atoms with Crippen LogP contribution in [0.3, 0.4) is 0 Å². The van der Waals surface area contributed by atoms with E-state index in [9.17, 15) is 0 Å². The molecule has 0 unspecified atom stereocenters. The fourth-order valence-electron chi connectivity index (χ4n) is 5.78. The third-order valence-electron chi connectivity index (χ3n) is 7.28. The molecule has 2 heterocycles. The Kier molecular flexibility index (Phi) is 3.87. The van der Waals surface area contributed by atoms with Crippen LogP contribution in [0, 0.1) is 0 Å². The van der Waals surface area contributed by atoms with E-state index in [2.05, 4.69) is 127 Å². The first-order valence-electron chi connectivity index (χ1n) is 11.7. The van der Waals surface area contributed by atoms with Crippen molar-refractivity contribution in [1.29, 1.82) is 0 Å². The predicted molar refractivity (Wildman–Crippen MR) is 147 cm³/mol. The maximum Gasteiger partial charge on any atom is 0.0806 e. The van der Waals surface area contributed by atoms with Crippen molar-refractivity contribution in [3.05, 3.63) is 109 Å². The van der Waals surface area contributed by atoms with Crippen LogP contribution in [0.5, 0.6) is 0 Å². The van der Waals surface area contributed by atoms with E-state index in [0.717, 1.165) is 5.57 Å². The Labute approximate surface area is 198 Å². The maximum absolute atomic E-state index is 4.11. The minimum Gasteiger partial charge on any atom is -0.341 e. The number of aromatic nitrogens is 2. The zero-order valence-electron chi connectivity index (χ0n) is 19.3. The Morgan fingerprint density at radius 3 is 1.82 bits per heavy atom. The smallest absolute Gasteiger partial charge is 0.0806 e. The molecule has 0 aliphatic rings. The molecule has 0 saturated heterocycles. The Balaban J connectivity index is 1.78. The van der Waals surface area contributed by atoms with Crippen LogP contribution in [0.2, 0.25) is 0 Å². The highest BCUT2D eigenvalue weighted by molar-refractivity contribution is 6.34. The summed E-state index contributed by atoms with van der Waals surface area (Å²) in [4.78, 5) is 0. The van der Waals surface area contributed by atoms with Crippen LogP contribution in [-0.2, 0) is 7.05 Å². The van der Waals surface area contributed by atoms with Gasteiger partial charge in [0, 0.05) is 28.9 Å². The number of hydrogen-bond donors (Lipinski definition) is 0. The van der Waals surface area contributed by atoms with Gasteiger partial charge in [0.2, 0.25) is 0 Å². The second-order valence-electron chi connectivity index (χ2n) is 9.25. The van der Waals surface area contributed by atoms with E-state index in [1.54, 1.807) is 0 Å². The summed E-state index contributed by atoms with van der Waals surface area (Å²) in [5.41, 5.74) is 8.48. The van der Waals surface area contributed by atoms with Gasteiger partial charge in [0.05, 0.1) is 22.1 Å². The van der Waals surface area contributed by atoms with E-state index in [4.69, 9.17) is 0 Å². The van der Waals surface area contributed by atoms with Crippen molar-refractivity contribution in [2.24, 2.45) is 7.05 Å². The van der Waals surface area contributed by atoms with Gasteiger partial charge in [0.15, 0.2) is 0 Å². The van der Waals surface area contributed by atoms with Gasteiger partial charge in [-0.1, -0.05) is 91.0 Å². The quantitative estimate of drug-likeness (QED) is 0.240. The van der Waals surface area contributed by atoms with Crippen LogP contribution in [0.25, 0.3) is 65.6 Å². The Hall–Kier alpha value is -4.30. The van der Waals surface area contributed by atoms with Gasteiger partial charge in [-0.25, -0.2) is 0 Å². The summed E-state index contributed by atoms with van der Waals surface area (Å²) >= 11 is 0. The van der Waals surface area contributed by atoms with Crippen molar-refractivity contribution >= 4 is 60.0 Å². The molecule has 2 nitrogen and oxygen atoms in total. The monoisotopic (exact) mass is 436 g/mol. The van der Waals surface area contributed by atoms with Gasteiger partial charge < -0.3 is 9.13 Å². The Morgan fingerprint density at radius 2 is 1.15 bits per heavy atom. The van der Waals surface area contributed by atoms with Gasteiger partial charge in [-0.05, 0) is 46.8 Å². The molecule has 0 spiro atoms. The molecule has 0 amide bonds. The average molecular weight is 437 g/mol. The van der Waals surface area contributed by atoms with E-state index in [1.807, 2.05) is 0 Å². The predicted octanol–water partition coefficient (Wildman–Crippen LogP) is 8.61. The number of rotatable bonds is 2. The topological polar surface area (TPSA) is 9.86 Å². The fourth-order valence-corrected chi connectivity index (χ4v) is 5.78. The first kappa shape index (κ1) is 19.2. The molecule has 5 aromatic carbocycles. The van der Waals surface area contributed by atoms with Crippen molar-refractivity contribution in [3.8, 4) is 5.69 Å². The van der Waals surface area contributed by atoms with E-state index < -0.39 is 0 Å². The molecule has 0 aliphatic heterocycles. The molecular formula is C32H24N2. The number of nitrogens with zero attached hydrogens (tertiary/aromatic N) is 2. The Morgan fingerprint density at radius 1 is 0.588 bits per heavy atom. The number of para-hydroxylation sites is 1. The minimum absolute atomic E-state index is 1.08. The number of fused-ring (bicyclic) bond motifs is 10. The van der Waals surface area contributed by atoms with Gasteiger partial charge in [0.25, 0.3) is 0 Å². The van der Waals surface area contributed by atoms with Crippen molar-refractivity contribution in [2.75, 3.05) is 0 Å². The second-order valence-corrected chi connectivity index (χ2v) is 9.25. The molecule has 34 heavy (non-hydrogen) atoms. The molecule has 0 aliphatic carbocycles. The number of allylic oxidation sites excluding steroid dienone is 1. The van der Waals surface area contributed by atoms with Crippen molar-refractivity contribution in [2.45, 2.75) is 6.92 Å². The van der Waals surface area contributed by atoms with Gasteiger partial charge in [0.1, 0.15) is 0 Å². The summed E-state index contributed by atoms with van der Waals surface area (Å²) < 4.78 is 4.84. The van der Waals surface area contributed by atoms with Gasteiger partial charge in [-0.3, -0.25) is 0 Å². The van der Waals surface area contributed by atoms with Crippen LogP contribution < -0.4 is 0 Å². The SMILES string of the molecule is C=C(C)c1ccc(-n2c3ccccc3c3c2c2c4ccccc4c4ccccc4c2n3C)cc1. The summed E-state index contributed by atoms with van der Waals surface area (Å²) in [6.07, 6.45) is 0. The summed E-state index contributed by atoms with van der Waals surface area (Å²) in [5, 5.41) is 7.77. The van der Waals surface area contributed by atoms with E-state index >= 15 is 0 Å². The van der Waals surface area contributed by atoms with Crippen LogP contribution in [0.1, 0.15) is 12.5 Å². The lowest BCUT2D eigenvalue weighted by atomic mass is 9.98. The molecule has 0 N–H and O–H groups in total. The number of aryl methyl sites for hydroxylation is 1. The molecule has 0 atom stereocenters. The average Bonchev–Trinajstić information content (AvgIpc) is 3.37. The number of hydrogen-bond acceptors (Lipinski definition) is 0. The van der Waals surface area contributed by atoms with Crippen LogP contribution in [0.15, 0.2) is 104 Å². The normalized spacial score (nSPS) is 11.9. The highest BCUT2D eigenvalue weighted by Crippen LogP contribution is 2.44. The highest BCUT2D eigenvalue weighted by Gasteiger charge is 2.23. The van der Waals surface area contributed by atoms with Crippen LogP contribution in [-0.4, -0.2) is 9.13 Å². The lowest BCUT2D eigenvalue weighted by molar-refractivity contribution is 1.02. The van der Waals surface area contributed by atoms with Crippen molar-refractivity contribution in [3.63, 3.8) is 0 Å². The Bertz CT molecular complexity index is 1930. The zero-order chi connectivity index (χ0) is 23.0. The molecule has 2 heteroatoms. The standard InChI is InChI=1S/C32H24N2/c1-20(2)21-16-18-22(19-17-21)34-28-15-9-8-14-27(28)31-32(34)29-25-12-6-4-10-23(25)24-11-5-7-13-26(24)30(29)33(31)3/h4-19H,1H2,2-3H3. The molecular weight excluding hydrogens is 412 g/mol. The van der Waals surface area contributed by atoms with E-state index in [-0.39, 0.29) is 0 Å². The molecule has 2 aromatic heterocycles. The third-order valence-corrected chi connectivity index (χ3v) is 7.28. The molecule has 7 aromatic rings. The fraction of sp³-hybridized carbons (Fsp3) is 0.0625. The van der Waals surface area contributed by atoms with Crippen molar-refractivity contribution < 1.29 is 0 Å². The lowest BCUT2D eigenvalue weighted by Gasteiger charge is -2.12. The second kappa shape index (κ2) is 6.85. The third kappa shape index (κ3) is 2.40. The molecule has 0 bridgehead atoms. The first-order valence-corrected chi connectivity index (χ1v) is 11.7. The summed E-state index contributed by atoms with van der Waals surface area (Å²) in [5.74, 6) is 0. The maximum atomic E-state index is 4.11. The first-order chi connectivity index (χ1) is 16.6. The lowest BCUT2D eigenvalue weighted by Crippen LogP contribution is -1.94. The largest absolute Gasteiger partial charge is 0.341 e. The molecule has 7 rings (SSSR count). The van der Waals surface area contributed by atoms with Gasteiger partial charge >= 0.3 is 0 Å². The molecule has 0 fully saturated rings. The minimum atomic E-state index is 1.08. The molecule has 0 radical (unpaired) electrons. The van der Waals surface area contributed by atoms with Gasteiger partial charge in [-0.2, -0.15) is 0 Å². The molecule has 162 valence electrons. The van der Waals surface area contributed by atoms with Crippen LogP contribution >= 0.6 is 0 Å². The summed E-state index contributed by atoms with van der Waals surface area (Å²) in [7, 11) is 2.22.